The summed E-state index contributed by atoms with van der Waals surface area (Å²) in [6.45, 7) is 8.79. The molecule has 1 saturated heterocycles. The number of hydrogen-bond donors (Lipinski definition) is 4. The Balaban J connectivity index is 1.75. The molecule has 1 aromatic carbocycles. The van der Waals surface area contributed by atoms with E-state index < -0.39 is 17.7 Å². The lowest BCUT2D eigenvalue weighted by Crippen LogP contribution is -2.50. The quantitative estimate of drug-likeness (QED) is 0.577. The maximum atomic E-state index is 13.0. The van der Waals surface area contributed by atoms with Crippen molar-refractivity contribution in [1.29, 1.82) is 0 Å². The number of rotatable bonds is 6. The van der Waals surface area contributed by atoms with Crippen molar-refractivity contribution >= 4 is 22.9 Å². The van der Waals surface area contributed by atoms with Gasteiger partial charge in [-0.1, -0.05) is 18.2 Å². The van der Waals surface area contributed by atoms with Gasteiger partial charge in [-0.15, -0.1) is 0 Å². The lowest BCUT2D eigenvalue weighted by Gasteiger charge is -2.24. The van der Waals surface area contributed by atoms with E-state index in [0.717, 1.165) is 23.0 Å². The van der Waals surface area contributed by atoms with Crippen molar-refractivity contribution in [2.24, 2.45) is 13.0 Å². The Bertz CT molecular complexity index is 902. The molecule has 4 N–H and O–H groups in total. The smallest absolute Gasteiger partial charge is 0.408 e. The fraction of sp³-hybridized carbons (Fsp3) is 0.545. The summed E-state index contributed by atoms with van der Waals surface area (Å²) in [7, 11) is 1.98. The van der Waals surface area contributed by atoms with Crippen LogP contribution in [0.4, 0.5) is 4.79 Å². The average Bonchev–Trinajstić information content (AvgIpc) is 3.21. The van der Waals surface area contributed by atoms with Crippen molar-refractivity contribution in [3.05, 3.63) is 36.0 Å². The van der Waals surface area contributed by atoms with E-state index in [-0.39, 0.29) is 17.9 Å². The summed E-state index contributed by atoms with van der Waals surface area (Å²) >= 11 is 0. The molecule has 164 valence electrons. The molecule has 1 aliphatic rings. The third kappa shape index (κ3) is 5.52. The number of nitrogens with one attached hydrogen (secondary N) is 4. The number of carbonyl (C=O) groups excluding carboxylic acids is 2. The van der Waals surface area contributed by atoms with Gasteiger partial charge in [-0.2, -0.15) is 0 Å². The summed E-state index contributed by atoms with van der Waals surface area (Å²) in [4.78, 5) is 25.4. The van der Waals surface area contributed by atoms with Crippen LogP contribution in [0.3, 0.4) is 0 Å². The van der Waals surface area contributed by atoms with Crippen LogP contribution < -0.4 is 21.5 Å². The summed E-state index contributed by atoms with van der Waals surface area (Å²) < 4.78 is 7.42. The van der Waals surface area contributed by atoms with Gasteiger partial charge in [0.25, 0.3) is 0 Å². The van der Waals surface area contributed by atoms with Crippen molar-refractivity contribution in [2.45, 2.75) is 51.8 Å². The van der Waals surface area contributed by atoms with Crippen LogP contribution in [0.15, 0.2) is 30.5 Å². The highest BCUT2D eigenvalue weighted by Crippen LogP contribution is 2.22. The number of aryl methyl sites for hydroxylation is 1. The van der Waals surface area contributed by atoms with E-state index in [9.17, 15) is 9.59 Å². The fourth-order valence-corrected chi connectivity index (χ4v) is 3.72. The first-order chi connectivity index (χ1) is 14.1. The number of hydrazine groups is 1. The van der Waals surface area contributed by atoms with E-state index in [0.29, 0.717) is 13.0 Å². The lowest BCUT2D eigenvalue weighted by molar-refractivity contribution is -0.123. The van der Waals surface area contributed by atoms with E-state index in [4.69, 9.17) is 4.74 Å². The molecule has 3 atom stereocenters. The van der Waals surface area contributed by atoms with Crippen LogP contribution >= 0.6 is 0 Å². The zero-order valence-corrected chi connectivity index (χ0v) is 18.4. The number of ether oxygens (including phenoxy) is 1. The van der Waals surface area contributed by atoms with E-state index >= 15 is 0 Å². The van der Waals surface area contributed by atoms with E-state index in [2.05, 4.69) is 28.4 Å². The topological polar surface area (TPSA) is 96.4 Å². The summed E-state index contributed by atoms with van der Waals surface area (Å²) in [6.07, 6.45) is 1.79. The highest BCUT2D eigenvalue weighted by Gasteiger charge is 2.28. The maximum Gasteiger partial charge on any atom is 0.408 e. The number of hydrogen-bond acceptors (Lipinski definition) is 5. The molecule has 2 aromatic rings. The largest absolute Gasteiger partial charge is 0.444 e. The molecule has 0 bridgehead atoms. The highest BCUT2D eigenvalue weighted by atomic mass is 16.6. The normalized spacial score (nSPS) is 20.2. The van der Waals surface area contributed by atoms with Crippen LogP contribution in [0.5, 0.6) is 0 Å². The van der Waals surface area contributed by atoms with Gasteiger partial charge < -0.3 is 19.9 Å². The summed E-state index contributed by atoms with van der Waals surface area (Å²) in [5.74, 6) is 0.0709. The summed E-state index contributed by atoms with van der Waals surface area (Å²) in [5.41, 5.74) is 7.70. The number of aromatic nitrogens is 1. The Labute approximate surface area is 177 Å². The van der Waals surface area contributed by atoms with Gasteiger partial charge in [0.2, 0.25) is 5.91 Å². The molecule has 1 fully saturated rings. The molecule has 3 rings (SSSR count). The molecule has 8 heteroatoms. The third-order valence-corrected chi connectivity index (χ3v) is 5.35. The Hall–Kier alpha value is -2.58. The molecule has 2 heterocycles. The number of amides is 2. The van der Waals surface area contributed by atoms with Crippen LogP contribution in [0.2, 0.25) is 0 Å². The highest BCUT2D eigenvalue weighted by molar-refractivity contribution is 5.88. The van der Waals surface area contributed by atoms with Gasteiger partial charge in [-0.05, 0) is 39.3 Å². The predicted octanol–water partition coefficient (Wildman–Crippen LogP) is 1.84. The van der Waals surface area contributed by atoms with Gasteiger partial charge in [0.1, 0.15) is 11.6 Å². The minimum absolute atomic E-state index is 0.215. The second-order valence-corrected chi connectivity index (χ2v) is 9.00. The van der Waals surface area contributed by atoms with Gasteiger partial charge in [0.15, 0.2) is 0 Å². The number of para-hydroxylation sites is 1. The molecule has 30 heavy (non-hydrogen) atoms. The standard InChI is InChI=1S/C22H33N5O3/c1-14-16(12-24-26-14)11-23-20(28)18(25-21(29)30-22(2,3)4)10-15-13-27(5)19-9-7-6-8-17(15)19/h6-9,13-14,16,18,24,26H,10-12H2,1-5H3,(H,23,28)(H,25,29)/t14?,16?,18-/m1/s1. The molecule has 0 radical (unpaired) electrons. The van der Waals surface area contributed by atoms with E-state index in [1.807, 2.05) is 42.1 Å². The first kappa shape index (κ1) is 22.1. The molecule has 0 aliphatic carbocycles. The molecule has 2 unspecified atom stereocenters. The first-order valence-electron chi connectivity index (χ1n) is 10.4. The predicted molar refractivity (Wildman–Crippen MR) is 117 cm³/mol. The molecule has 0 spiro atoms. The van der Waals surface area contributed by atoms with Crippen molar-refractivity contribution in [1.82, 2.24) is 26.1 Å². The Morgan fingerprint density at radius 2 is 2.03 bits per heavy atom. The Kier molecular flexibility index (Phi) is 6.67. The van der Waals surface area contributed by atoms with Crippen molar-refractivity contribution < 1.29 is 14.3 Å². The first-order valence-corrected chi connectivity index (χ1v) is 10.4. The fourth-order valence-electron chi connectivity index (χ4n) is 3.72. The third-order valence-electron chi connectivity index (χ3n) is 5.35. The Morgan fingerprint density at radius 3 is 2.70 bits per heavy atom. The van der Waals surface area contributed by atoms with Crippen molar-refractivity contribution in [3.8, 4) is 0 Å². The van der Waals surface area contributed by atoms with E-state index in [1.165, 1.54) is 0 Å². The van der Waals surface area contributed by atoms with Crippen LogP contribution in [0.25, 0.3) is 10.9 Å². The van der Waals surface area contributed by atoms with Crippen LogP contribution in [0.1, 0.15) is 33.3 Å². The minimum Gasteiger partial charge on any atom is -0.444 e. The molecular weight excluding hydrogens is 382 g/mol. The number of benzene rings is 1. The molecule has 1 aliphatic heterocycles. The molecule has 1 aromatic heterocycles. The van der Waals surface area contributed by atoms with Crippen LogP contribution in [-0.2, 0) is 23.0 Å². The molecule has 8 nitrogen and oxygen atoms in total. The number of alkyl carbamates (subject to hydrolysis) is 1. The average molecular weight is 416 g/mol. The Morgan fingerprint density at radius 1 is 1.30 bits per heavy atom. The minimum atomic E-state index is -0.733. The number of fused-ring (bicyclic) bond motifs is 1. The van der Waals surface area contributed by atoms with Crippen molar-refractivity contribution in [3.63, 3.8) is 0 Å². The van der Waals surface area contributed by atoms with Gasteiger partial charge >= 0.3 is 6.09 Å². The summed E-state index contributed by atoms with van der Waals surface area (Å²) in [6, 6.07) is 7.56. The second-order valence-electron chi connectivity index (χ2n) is 9.00. The molecular formula is C22H33N5O3. The molecule has 0 saturated carbocycles. The number of carbonyl (C=O) groups is 2. The van der Waals surface area contributed by atoms with Crippen molar-refractivity contribution in [2.75, 3.05) is 13.1 Å². The van der Waals surface area contributed by atoms with Gasteiger partial charge in [-0.25, -0.2) is 4.79 Å². The monoisotopic (exact) mass is 415 g/mol. The van der Waals surface area contributed by atoms with E-state index in [1.54, 1.807) is 20.8 Å². The lowest BCUT2D eigenvalue weighted by atomic mass is 10.0. The van der Waals surface area contributed by atoms with Gasteiger partial charge in [0, 0.05) is 55.6 Å². The van der Waals surface area contributed by atoms with Crippen LogP contribution in [-0.4, -0.2) is 47.3 Å². The van der Waals surface area contributed by atoms with Crippen LogP contribution in [0, 0.1) is 5.92 Å². The van der Waals surface area contributed by atoms with Gasteiger partial charge in [-0.3, -0.25) is 15.6 Å². The summed E-state index contributed by atoms with van der Waals surface area (Å²) in [5, 5.41) is 6.84. The zero-order chi connectivity index (χ0) is 21.9. The SMILES string of the molecule is CC1NNCC1CNC(=O)[C@@H](Cc1cn(C)c2ccccc12)NC(=O)OC(C)(C)C. The zero-order valence-electron chi connectivity index (χ0n) is 18.4. The second kappa shape index (κ2) is 9.06. The van der Waals surface area contributed by atoms with Gasteiger partial charge in [0.05, 0.1) is 0 Å². The molecule has 2 amide bonds. The number of nitrogens with zero attached hydrogens (tertiary/aromatic N) is 1. The maximum absolute atomic E-state index is 13.0.